The molecule has 1 aromatic heterocycles. The molecule has 3 N–H and O–H groups in total. The van der Waals surface area contributed by atoms with Crippen molar-refractivity contribution in [2.24, 2.45) is 0 Å². The lowest BCUT2D eigenvalue weighted by Gasteiger charge is -2.25. The lowest BCUT2D eigenvalue weighted by atomic mass is 10.1. The van der Waals surface area contributed by atoms with E-state index in [0.29, 0.717) is 36.4 Å². The Morgan fingerprint density at radius 1 is 1.16 bits per heavy atom. The van der Waals surface area contributed by atoms with Gasteiger partial charge in [0.25, 0.3) is 5.24 Å². The van der Waals surface area contributed by atoms with Gasteiger partial charge in [0.1, 0.15) is 6.26 Å². The number of halogens is 1. The summed E-state index contributed by atoms with van der Waals surface area (Å²) in [5, 5.41) is 8.39. The van der Waals surface area contributed by atoms with Crippen LogP contribution in [0, 0.1) is 5.82 Å². The van der Waals surface area contributed by atoms with Crippen LogP contribution in [0.3, 0.4) is 0 Å². The van der Waals surface area contributed by atoms with Crippen molar-refractivity contribution in [1.29, 1.82) is 0 Å². The third-order valence-corrected chi connectivity index (χ3v) is 6.67. The number of thioether (sulfide) groups is 1. The second-order valence-electron chi connectivity index (χ2n) is 9.07. The number of imide groups is 1. The summed E-state index contributed by atoms with van der Waals surface area (Å²) in [7, 11) is 0. The number of hydrogen-bond donors (Lipinski definition) is 3. The monoisotopic (exact) mass is 552 g/mol. The van der Waals surface area contributed by atoms with Crippen molar-refractivity contribution < 1.29 is 38.9 Å². The fourth-order valence-electron chi connectivity index (χ4n) is 3.95. The van der Waals surface area contributed by atoms with Gasteiger partial charge in [0, 0.05) is 45.2 Å². The highest BCUT2D eigenvalue weighted by Gasteiger charge is 2.33. The number of morpholine rings is 1. The molecule has 11 nitrogen and oxygen atoms in total. The molecule has 0 radical (unpaired) electrons. The maximum atomic E-state index is 13.6. The Hall–Kier alpha value is -3.29. The summed E-state index contributed by atoms with van der Waals surface area (Å²) >= 11 is 1.16. The number of Topliss-reactive ketones (excluding diaryl/α,β-unsaturated/α-hetero) is 1. The molecule has 2 aromatic rings. The van der Waals surface area contributed by atoms with E-state index in [0.717, 1.165) is 24.9 Å². The van der Waals surface area contributed by atoms with Gasteiger partial charge in [-0.15, -0.1) is 0 Å². The molecule has 3 saturated heterocycles. The highest BCUT2D eigenvalue weighted by molar-refractivity contribution is 8.14. The number of ether oxygens (including phenoxy) is 1. The Labute approximate surface area is 224 Å². The first kappa shape index (κ1) is 29.3. The van der Waals surface area contributed by atoms with E-state index >= 15 is 0 Å². The normalized spacial score (nSPS) is 23.3. The number of carbonyl (C=O) groups is 5. The smallest absolute Gasteiger partial charge is 0.286 e. The maximum Gasteiger partial charge on any atom is 0.286 e. The molecule has 13 heteroatoms. The fourth-order valence-corrected chi connectivity index (χ4v) is 4.92. The molecular formula is C25H33FN4O7S. The van der Waals surface area contributed by atoms with Crippen molar-refractivity contribution in [3.8, 4) is 0 Å². The number of fused-ring (bicyclic) bond motifs is 1. The molecule has 1 aromatic carbocycles. The number of rotatable bonds is 3. The van der Waals surface area contributed by atoms with Gasteiger partial charge in [-0.05, 0) is 26.0 Å². The Morgan fingerprint density at radius 3 is 2.37 bits per heavy atom. The van der Waals surface area contributed by atoms with Gasteiger partial charge in [0.05, 0.1) is 30.7 Å². The summed E-state index contributed by atoms with van der Waals surface area (Å²) < 4.78 is 24.3. The standard InChI is InChI=1S/C14H13FN2O3S.C6H13NO.C5H5NO3.H2/c1-8(18)16-5-9-6-17(14(19)21-9)12-7-20-13-10(12)3-2-4-11(13)15;1-5-3-7-4-6(2)8-5;7-3-1-4(8)6-5(9)2-3;/h2-4,7,9H,5-6H2,1H3,(H,16,18);5-7H,3-4H2,1-2H3;1-2H2,(H,6,8,9);1H/t9-;5-,6+;;/m0.../s1. The minimum absolute atomic E-state index is 0. The lowest BCUT2D eigenvalue weighted by Crippen LogP contribution is -2.41. The van der Waals surface area contributed by atoms with Gasteiger partial charge in [0.2, 0.25) is 17.7 Å². The third kappa shape index (κ3) is 8.36. The molecule has 38 heavy (non-hydrogen) atoms. The number of carbonyl (C=O) groups excluding carboxylic acids is 5. The summed E-state index contributed by atoms with van der Waals surface area (Å²) in [6, 6.07) is 4.62. The molecule has 0 spiro atoms. The van der Waals surface area contributed by atoms with Crippen LogP contribution >= 0.6 is 11.8 Å². The molecule has 208 valence electrons. The summed E-state index contributed by atoms with van der Waals surface area (Å²) in [5.41, 5.74) is 0.711. The maximum absolute atomic E-state index is 13.6. The Morgan fingerprint density at radius 2 is 1.82 bits per heavy atom. The molecule has 0 unspecified atom stereocenters. The molecule has 5 rings (SSSR count). The second kappa shape index (κ2) is 13.5. The number of ketones is 1. The molecule has 0 bridgehead atoms. The van der Waals surface area contributed by atoms with Crippen molar-refractivity contribution >= 4 is 57.2 Å². The Bertz CT molecular complexity index is 1160. The van der Waals surface area contributed by atoms with E-state index in [1.165, 1.54) is 19.3 Å². The van der Waals surface area contributed by atoms with Crippen LogP contribution in [-0.4, -0.2) is 72.4 Å². The van der Waals surface area contributed by atoms with E-state index in [4.69, 9.17) is 9.15 Å². The molecular weight excluding hydrogens is 519 g/mol. The van der Waals surface area contributed by atoms with Crippen LogP contribution < -0.4 is 20.9 Å². The van der Waals surface area contributed by atoms with Gasteiger partial charge in [0.15, 0.2) is 17.2 Å². The first-order valence-corrected chi connectivity index (χ1v) is 13.0. The molecule has 4 amide bonds. The number of hydrogen-bond acceptors (Lipinski definition) is 9. The quantitative estimate of drug-likeness (QED) is 0.386. The van der Waals surface area contributed by atoms with E-state index < -0.39 is 17.6 Å². The summed E-state index contributed by atoms with van der Waals surface area (Å²) in [6.45, 7) is 8.49. The Kier molecular flexibility index (Phi) is 10.4. The number of furan rings is 1. The summed E-state index contributed by atoms with van der Waals surface area (Å²) in [5.74, 6) is -1.86. The average Bonchev–Trinajstić information content (AvgIpc) is 3.41. The largest absolute Gasteiger partial charge is 0.459 e. The first-order chi connectivity index (χ1) is 18.0. The van der Waals surface area contributed by atoms with E-state index in [2.05, 4.69) is 24.5 Å². The van der Waals surface area contributed by atoms with Crippen LogP contribution in [0.15, 0.2) is 28.9 Å². The van der Waals surface area contributed by atoms with Gasteiger partial charge >= 0.3 is 0 Å². The number of anilines is 1. The number of benzene rings is 1. The molecule has 3 atom stereocenters. The van der Waals surface area contributed by atoms with Crippen molar-refractivity contribution in [2.75, 3.05) is 31.1 Å². The zero-order chi connectivity index (χ0) is 27.8. The predicted octanol–water partition coefficient (Wildman–Crippen LogP) is 2.37. The zero-order valence-electron chi connectivity index (χ0n) is 21.4. The van der Waals surface area contributed by atoms with Crippen molar-refractivity contribution in [3.05, 3.63) is 30.3 Å². The number of nitrogens with one attached hydrogen (secondary N) is 3. The van der Waals surface area contributed by atoms with Crippen LogP contribution in [0.5, 0.6) is 0 Å². The van der Waals surface area contributed by atoms with Crippen LogP contribution in [0.25, 0.3) is 11.0 Å². The molecule has 4 heterocycles. The summed E-state index contributed by atoms with van der Waals surface area (Å²) in [4.78, 5) is 55.6. The van der Waals surface area contributed by atoms with Gasteiger partial charge in [-0.3, -0.25) is 34.2 Å². The highest BCUT2D eigenvalue weighted by Crippen LogP contribution is 2.36. The minimum atomic E-state index is -0.490. The number of nitrogens with zero attached hydrogens (tertiary/aromatic N) is 1. The first-order valence-electron chi connectivity index (χ1n) is 12.1. The van der Waals surface area contributed by atoms with E-state index in [1.54, 1.807) is 17.0 Å². The number of piperidine rings is 1. The van der Waals surface area contributed by atoms with Crippen molar-refractivity contribution in [1.82, 2.24) is 16.0 Å². The number of para-hydroxylation sites is 1. The van der Waals surface area contributed by atoms with Crippen LogP contribution in [0.4, 0.5) is 14.9 Å². The SMILES string of the molecule is CC(=O)NC[C@H]1CN(c2coc3c(F)cccc23)C(=O)S1.C[C@@H]1CNC[C@H](C)O1.O=C1CC(=O)NC(=O)C1.[HH]. The van der Waals surface area contributed by atoms with E-state index in [-0.39, 0.29) is 42.0 Å². The minimum Gasteiger partial charge on any atom is -0.459 e. The predicted molar refractivity (Wildman–Crippen MR) is 141 cm³/mol. The average molecular weight is 553 g/mol. The van der Waals surface area contributed by atoms with Gasteiger partial charge < -0.3 is 19.8 Å². The van der Waals surface area contributed by atoms with Crippen LogP contribution in [0.2, 0.25) is 0 Å². The van der Waals surface area contributed by atoms with Gasteiger partial charge in [-0.1, -0.05) is 17.8 Å². The zero-order valence-corrected chi connectivity index (χ0v) is 22.2. The van der Waals surface area contributed by atoms with Gasteiger partial charge in [-0.2, -0.15) is 0 Å². The van der Waals surface area contributed by atoms with Crippen molar-refractivity contribution in [2.45, 2.75) is 51.1 Å². The number of amides is 4. The van der Waals surface area contributed by atoms with Crippen molar-refractivity contribution in [3.63, 3.8) is 0 Å². The molecule has 3 aliphatic heterocycles. The second-order valence-corrected chi connectivity index (χ2v) is 10.3. The van der Waals surface area contributed by atoms with E-state index in [9.17, 15) is 28.4 Å². The molecule has 3 aliphatic rings. The topological polar surface area (TPSA) is 147 Å². The molecule has 0 aliphatic carbocycles. The fraction of sp³-hybridized carbons (Fsp3) is 0.480. The van der Waals surface area contributed by atoms with Crippen LogP contribution in [-0.2, 0) is 23.9 Å². The highest BCUT2D eigenvalue weighted by atomic mass is 32.2. The Balaban J connectivity index is 0.000000245. The summed E-state index contributed by atoms with van der Waals surface area (Å²) in [6.07, 6.45) is 1.90. The van der Waals surface area contributed by atoms with Gasteiger partial charge in [-0.25, -0.2) is 4.39 Å². The lowest BCUT2D eigenvalue weighted by molar-refractivity contribution is -0.139. The van der Waals surface area contributed by atoms with E-state index in [1.807, 2.05) is 5.32 Å². The third-order valence-electron chi connectivity index (χ3n) is 5.60. The molecule has 0 saturated carbocycles. The molecule has 3 fully saturated rings. The van der Waals surface area contributed by atoms with Crippen LogP contribution in [0.1, 0.15) is 35.0 Å².